The number of sulfonamides is 1. The molecule has 3 heterocycles. The van der Waals surface area contributed by atoms with E-state index in [4.69, 9.17) is 5.73 Å². The van der Waals surface area contributed by atoms with Crippen molar-refractivity contribution >= 4 is 53.9 Å². The number of rotatable bonds is 9. The lowest BCUT2D eigenvalue weighted by atomic mass is 9.86. The van der Waals surface area contributed by atoms with Gasteiger partial charge in [0.25, 0.3) is 5.91 Å². The third kappa shape index (κ3) is 5.26. The zero-order valence-corrected chi connectivity index (χ0v) is 23.0. The maximum absolute atomic E-state index is 12.7. The second-order valence-electron chi connectivity index (χ2n) is 9.94. The van der Waals surface area contributed by atoms with E-state index < -0.39 is 10.0 Å². The van der Waals surface area contributed by atoms with E-state index in [1.54, 1.807) is 0 Å². The number of nitrogens with zero attached hydrogens (tertiary/aromatic N) is 2. The summed E-state index contributed by atoms with van der Waals surface area (Å²) in [4.78, 5) is 18.9. The van der Waals surface area contributed by atoms with Crippen molar-refractivity contribution in [2.75, 3.05) is 37.3 Å². The molecule has 1 fully saturated rings. The molecule has 0 spiro atoms. The molecule has 4 aromatic rings. The first-order valence-corrected chi connectivity index (χ1v) is 15.5. The van der Waals surface area contributed by atoms with Gasteiger partial charge in [-0.15, -0.1) is 11.3 Å². The highest BCUT2D eigenvalue weighted by molar-refractivity contribution is 7.88. The molecule has 1 atom stereocenters. The molecule has 9 heteroatoms. The van der Waals surface area contributed by atoms with Gasteiger partial charge >= 0.3 is 0 Å². The summed E-state index contributed by atoms with van der Waals surface area (Å²) in [6, 6.07) is 14.7. The molecule has 7 nitrogen and oxygen atoms in total. The highest BCUT2D eigenvalue weighted by Crippen LogP contribution is 2.42. The summed E-state index contributed by atoms with van der Waals surface area (Å²) in [5.74, 6) is -0.195. The van der Waals surface area contributed by atoms with E-state index in [0.29, 0.717) is 31.1 Å². The molecule has 5 rings (SSSR count). The Morgan fingerprint density at radius 3 is 2.57 bits per heavy atom. The van der Waals surface area contributed by atoms with E-state index in [2.05, 4.69) is 59.4 Å². The normalized spacial score (nSPS) is 16.0. The monoisotopic (exact) mass is 538 g/mol. The quantitative estimate of drug-likeness (QED) is 0.310. The predicted molar refractivity (Wildman–Crippen MR) is 153 cm³/mol. The number of thiophene rings is 1. The number of aromatic amines is 1. The number of carbonyl (C=O) groups is 1. The zero-order chi connectivity index (χ0) is 26.2. The van der Waals surface area contributed by atoms with Crippen LogP contribution in [-0.4, -0.2) is 56.0 Å². The first-order valence-electron chi connectivity index (χ1n) is 12.9. The van der Waals surface area contributed by atoms with Gasteiger partial charge in [0.05, 0.1) is 11.1 Å². The third-order valence-corrected chi connectivity index (χ3v) is 9.95. The number of para-hydroxylation sites is 1. The van der Waals surface area contributed by atoms with Crippen molar-refractivity contribution in [3.63, 3.8) is 0 Å². The minimum atomic E-state index is -3.18. The number of nitrogens with two attached hydrogens (primary N) is 1. The molecule has 1 aliphatic heterocycles. The van der Waals surface area contributed by atoms with Crippen LogP contribution in [0.25, 0.3) is 21.0 Å². The summed E-state index contributed by atoms with van der Waals surface area (Å²) in [6.45, 7) is 4.42. The van der Waals surface area contributed by atoms with Crippen LogP contribution in [0.4, 0.5) is 5.69 Å². The lowest BCUT2D eigenvalue weighted by molar-refractivity contribution is 0.100. The fourth-order valence-corrected chi connectivity index (χ4v) is 7.53. The smallest absolute Gasteiger partial charge is 0.259 e. The van der Waals surface area contributed by atoms with Crippen LogP contribution >= 0.6 is 11.3 Å². The van der Waals surface area contributed by atoms with E-state index in [1.807, 2.05) is 6.07 Å². The lowest BCUT2D eigenvalue weighted by Gasteiger charge is -2.34. The Morgan fingerprint density at radius 2 is 1.86 bits per heavy atom. The third-order valence-electron chi connectivity index (χ3n) is 7.46. The fraction of sp³-hybridized carbons (Fsp3) is 0.393. The van der Waals surface area contributed by atoms with Crippen LogP contribution in [-0.2, 0) is 16.4 Å². The Morgan fingerprint density at radius 1 is 1.11 bits per heavy atom. The van der Waals surface area contributed by atoms with E-state index in [-0.39, 0.29) is 11.8 Å². The molecule has 2 aromatic carbocycles. The van der Waals surface area contributed by atoms with E-state index in [1.165, 1.54) is 32.8 Å². The van der Waals surface area contributed by atoms with Crippen LogP contribution < -0.4 is 10.6 Å². The lowest BCUT2D eigenvalue weighted by Crippen LogP contribution is -2.48. The number of aromatic nitrogens is 1. The molecule has 1 aliphatic rings. The maximum atomic E-state index is 12.7. The molecule has 196 valence electrons. The molecule has 0 radical (unpaired) electrons. The van der Waals surface area contributed by atoms with Crippen molar-refractivity contribution in [1.29, 1.82) is 0 Å². The number of piperazine rings is 1. The largest absolute Gasteiger partial charge is 0.369 e. The summed E-state index contributed by atoms with van der Waals surface area (Å²) in [7, 11) is -3.18. The second kappa shape index (κ2) is 10.5. The van der Waals surface area contributed by atoms with E-state index >= 15 is 0 Å². The predicted octanol–water partition coefficient (Wildman–Crippen LogP) is 5.08. The molecular weight excluding hydrogens is 504 g/mol. The van der Waals surface area contributed by atoms with Crippen molar-refractivity contribution in [2.45, 2.75) is 38.5 Å². The van der Waals surface area contributed by atoms with Crippen molar-refractivity contribution in [3.8, 4) is 0 Å². The van der Waals surface area contributed by atoms with Gasteiger partial charge in [-0.3, -0.25) is 4.79 Å². The first-order chi connectivity index (χ1) is 17.8. The van der Waals surface area contributed by atoms with Crippen LogP contribution in [0, 0.1) is 0 Å². The van der Waals surface area contributed by atoms with Crippen molar-refractivity contribution in [3.05, 3.63) is 64.7 Å². The van der Waals surface area contributed by atoms with Gasteiger partial charge in [0, 0.05) is 53.7 Å². The molecule has 1 amide bonds. The van der Waals surface area contributed by atoms with Crippen LogP contribution in [0.1, 0.15) is 52.9 Å². The topological polar surface area (TPSA) is 99.5 Å². The van der Waals surface area contributed by atoms with Gasteiger partial charge < -0.3 is 15.6 Å². The number of benzene rings is 2. The maximum Gasteiger partial charge on any atom is 0.259 e. The van der Waals surface area contributed by atoms with Crippen LogP contribution in [0.3, 0.4) is 0 Å². The summed E-state index contributed by atoms with van der Waals surface area (Å²) in [6.07, 6.45) is 7.34. The molecule has 1 saturated heterocycles. The van der Waals surface area contributed by atoms with E-state index in [9.17, 15) is 13.2 Å². The summed E-state index contributed by atoms with van der Waals surface area (Å²) < 4.78 is 26.4. The zero-order valence-electron chi connectivity index (χ0n) is 21.4. The molecule has 1 unspecified atom stereocenters. The van der Waals surface area contributed by atoms with Gasteiger partial charge in [0.15, 0.2) is 0 Å². The van der Waals surface area contributed by atoms with Crippen LogP contribution in [0.15, 0.2) is 48.7 Å². The second-order valence-corrected chi connectivity index (χ2v) is 13.0. The van der Waals surface area contributed by atoms with Crippen molar-refractivity contribution in [2.24, 2.45) is 5.73 Å². The Balaban J connectivity index is 1.50. The minimum Gasteiger partial charge on any atom is -0.369 e. The SMILES string of the molecule is CCCCC(Cc1c[nH]c2ccccc12)c1c(C(N)=O)sc2cc(N3CCN(S(C)(=O)=O)CC3)ccc12. The van der Waals surface area contributed by atoms with Gasteiger partial charge in [-0.25, -0.2) is 8.42 Å². The Bertz CT molecular complexity index is 1530. The van der Waals surface area contributed by atoms with Crippen LogP contribution in [0.5, 0.6) is 0 Å². The Hall–Kier alpha value is -2.88. The molecular formula is C28H34N4O3S2. The number of carbonyl (C=O) groups excluding carboxylic acids is 1. The average Bonchev–Trinajstić information content (AvgIpc) is 3.47. The van der Waals surface area contributed by atoms with Crippen molar-refractivity contribution in [1.82, 2.24) is 9.29 Å². The highest BCUT2D eigenvalue weighted by atomic mass is 32.2. The molecule has 0 aliphatic carbocycles. The number of anilines is 1. The Kier molecular flexibility index (Phi) is 7.29. The van der Waals surface area contributed by atoms with E-state index in [0.717, 1.165) is 52.5 Å². The number of nitrogens with one attached hydrogen (secondary N) is 1. The number of hydrogen-bond donors (Lipinski definition) is 2. The number of fused-ring (bicyclic) bond motifs is 2. The first kappa shape index (κ1) is 25.8. The molecule has 3 N–H and O–H groups in total. The van der Waals surface area contributed by atoms with Gasteiger partial charge in [0.2, 0.25) is 10.0 Å². The van der Waals surface area contributed by atoms with Gasteiger partial charge in [-0.1, -0.05) is 44.0 Å². The number of primary amides is 1. The molecule has 0 bridgehead atoms. The van der Waals surface area contributed by atoms with Gasteiger partial charge in [-0.05, 0) is 53.5 Å². The summed E-state index contributed by atoms with van der Waals surface area (Å²) in [5, 5.41) is 2.32. The summed E-state index contributed by atoms with van der Waals surface area (Å²) >= 11 is 1.48. The average molecular weight is 539 g/mol. The molecule has 37 heavy (non-hydrogen) atoms. The number of H-pyrrole nitrogens is 1. The summed E-state index contributed by atoms with van der Waals surface area (Å²) in [5.41, 5.74) is 10.4. The fourth-order valence-electron chi connectivity index (χ4n) is 5.53. The molecule has 2 aromatic heterocycles. The van der Waals surface area contributed by atoms with Crippen molar-refractivity contribution < 1.29 is 13.2 Å². The molecule has 0 saturated carbocycles. The van der Waals surface area contributed by atoms with Gasteiger partial charge in [-0.2, -0.15) is 4.31 Å². The number of amides is 1. The highest BCUT2D eigenvalue weighted by Gasteiger charge is 2.27. The minimum absolute atomic E-state index is 0.180. The van der Waals surface area contributed by atoms with Crippen LogP contribution in [0.2, 0.25) is 0 Å². The number of hydrogen-bond acceptors (Lipinski definition) is 5. The Labute approximate surface area is 222 Å². The van der Waals surface area contributed by atoms with Gasteiger partial charge in [0.1, 0.15) is 0 Å². The standard InChI is InChI=1S/C28H34N4O3S2/c1-3-4-7-19(16-20-18-30-24-9-6-5-8-22(20)24)26-23-11-10-21(17-25(23)36-27(26)28(29)33)31-12-14-32(15-13-31)37(2,34)35/h5-6,8-11,17-19,30H,3-4,7,12-16H2,1-2H3,(H2,29,33). The number of unbranched alkanes of at least 4 members (excludes halogenated alkanes) is 1.